The number of hydrogen-bond acceptors (Lipinski definition) is 4. The van der Waals surface area contributed by atoms with Crippen molar-refractivity contribution in [3.05, 3.63) is 60.2 Å². The Morgan fingerprint density at radius 1 is 1.38 bits per heavy atom. The van der Waals surface area contributed by atoms with Gasteiger partial charge in [0.05, 0.1) is 6.04 Å². The van der Waals surface area contributed by atoms with Gasteiger partial charge in [0.25, 0.3) is 5.91 Å². The largest absolute Gasteiger partial charge is 0.348 e. The Kier molecular flexibility index (Phi) is 4.69. The zero-order valence-electron chi connectivity index (χ0n) is 13.2. The second-order valence-electron chi connectivity index (χ2n) is 5.65. The molecule has 1 saturated heterocycles. The third kappa shape index (κ3) is 3.34. The summed E-state index contributed by atoms with van der Waals surface area (Å²) in [4.78, 5) is 29.9. The molecule has 0 unspecified atom stereocenters. The van der Waals surface area contributed by atoms with Crippen LogP contribution in [0.25, 0.3) is 0 Å². The number of likely N-dealkylation sites (tertiary alicyclic amines) is 1. The molecule has 0 spiro atoms. The van der Waals surface area contributed by atoms with Gasteiger partial charge in [-0.2, -0.15) is 5.10 Å². The molecule has 7 nitrogen and oxygen atoms in total. The molecule has 2 heterocycles. The smallest absolute Gasteiger partial charge is 0.254 e. The van der Waals surface area contributed by atoms with E-state index in [0.29, 0.717) is 18.7 Å². The first kappa shape index (κ1) is 15.9. The minimum atomic E-state index is -0.220. The van der Waals surface area contributed by atoms with Crippen molar-refractivity contribution >= 4 is 11.8 Å². The van der Waals surface area contributed by atoms with Crippen molar-refractivity contribution < 1.29 is 9.59 Å². The lowest BCUT2D eigenvalue weighted by Gasteiger charge is -2.23. The summed E-state index contributed by atoms with van der Waals surface area (Å²) in [5.74, 6) is 0.488. The maximum atomic E-state index is 12.8. The van der Waals surface area contributed by atoms with Crippen molar-refractivity contribution in [1.29, 1.82) is 0 Å². The Bertz CT molecular complexity index is 724. The average molecular weight is 325 g/mol. The number of benzene rings is 1. The monoisotopic (exact) mass is 325 g/mol. The molecule has 0 saturated carbocycles. The van der Waals surface area contributed by atoms with Crippen LogP contribution in [-0.4, -0.2) is 38.4 Å². The number of amides is 2. The molecule has 24 heavy (non-hydrogen) atoms. The molecule has 1 aliphatic rings. The van der Waals surface area contributed by atoms with Crippen molar-refractivity contribution in [1.82, 2.24) is 25.4 Å². The van der Waals surface area contributed by atoms with E-state index in [1.165, 1.54) is 12.4 Å². The van der Waals surface area contributed by atoms with Crippen LogP contribution >= 0.6 is 0 Å². The molecular formula is C17H19N5O2. The molecule has 2 amide bonds. The summed E-state index contributed by atoms with van der Waals surface area (Å²) in [6.45, 7) is 4.52. The third-order valence-electron chi connectivity index (χ3n) is 4.12. The van der Waals surface area contributed by atoms with E-state index in [4.69, 9.17) is 0 Å². The molecule has 2 aromatic rings. The van der Waals surface area contributed by atoms with E-state index in [2.05, 4.69) is 27.1 Å². The van der Waals surface area contributed by atoms with E-state index >= 15 is 0 Å². The second kappa shape index (κ2) is 7.08. The Morgan fingerprint density at radius 3 is 2.83 bits per heavy atom. The Labute approximate surface area is 139 Å². The summed E-state index contributed by atoms with van der Waals surface area (Å²) < 4.78 is 0. The Morgan fingerprint density at radius 2 is 2.17 bits per heavy atom. The van der Waals surface area contributed by atoms with E-state index in [1.54, 1.807) is 12.1 Å². The van der Waals surface area contributed by atoms with Gasteiger partial charge in [0.2, 0.25) is 5.91 Å². The molecule has 1 fully saturated rings. The molecule has 0 radical (unpaired) electrons. The van der Waals surface area contributed by atoms with Gasteiger partial charge in [-0.1, -0.05) is 18.7 Å². The fourth-order valence-electron chi connectivity index (χ4n) is 2.86. The lowest BCUT2D eigenvalue weighted by atomic mass is 10.1. The summed E-state index contributed by atoms with van der Waals surface area (Å²) in [5, 5.41) is 9.43. The van der Waals surface area contributed by atoms with Gasteiger partial charge in [0, 0.05) is 18.7 Å². The maximum absolute atomic E-state index is 12.8. The first-order chi connectivity index (χ1) is 11.7. The van der Waals surface area contributed by atoms with E-state index in [-0.39, 0.29) is 17.9 Å². The van der Waals surface area contributed by atoms with Gasteiger partial charge in [-0.05, 0) is 36.6 Å². The molecular weight excluding hydrogens is 306 g/mol. The van der Waals surface area contributed by atoms with Gasteiger partial charge in [0.1, 0.15) is 12.2 Å². The predicted octanol–water partition coefficient (Wildman–Crippen LogP) is 1.58. The number of H-pyrrole nitrogens is 1. The van der Waals surface area contributed by atoms with E-state index in [0.717, 1.165) is 24.2 Å². The number of nitrogens with zero attached hydrogens (tertiary/aromatic N) is 3. The number of carbonyl (C=O) groups is 2. The van der Waals surface area contributed by atoms with Crippen molar-refractivity contribution in [3.63, 3.8) is 0 Å². The number of aromatic nitrogens is 3. The van der Waals surface area contributed by atoms with Crippen LogP contribution in [-0.2, 0) is 11.3 Å². The first-order valence-corrected chi connectivity index (χ1v) is 7.84. The van der Waals surface area contributed by atoms with Crippen molar-refractivity contribution in [2.24, 2.45) is 0 Å². The number of nitrogens with one attached hydrogen (secondary N) is 2. The van der Waals surface area contributed by atoms with Crippen LogP contribution < -0.4 is 5.32 Å². The van der Waals surface area contributed by atoms with E-state index in [1.807, 2.05) is 17.0 Å². The maximum Gasteiger partial charge on any atom is 0.254 e. The number of carbonyl (C=O) groups excluding carboxylic acids is 2. The molecule has 1 aromatic heterocycles. The highest BCUT2D eigenvalue weighted by atomic mass is 16.2. The molecule has 3 rings (SSSR count). The van der Waals surface area contributed by atoms with E-state index in [9.17, 15) is 9.59 Å². The molecule has 0 bridgehead atoms. The zero-order chi connectivity index (χ0) is 16.9. The first-order valence-electron chi connectivity index (χ1n) is 7.84. The van der Waals surface area contributed by atoms with Crippen LogP contribution in [0, 0.1) is 0 Å². The minimum absolute atomic E-state index is 0.0180. The molecule has 124 valence electrons. The molecule has 0 aliphatic carbocycles. The quantitative estimate of drug-likeness (QED) is 0.817. The van der Waals surface area contributed by atoms with Gasteiger partial charge in [0.15, 0.2) is 0 Å². The molecule has 1 aromatic carbocycles. The lowest BCUT2D eigenvalue weighted by molar-refractivity contribution is -0.116. The van der Waals surface area contributed by atoms with Gasteiger partial charge >= 0.3 is 0 Å². The Hall–Kier alpha value is -2.96. The predicted molar refractivity (Wildman–Crippen MR) is 87.9 cm³/mol. The highest BCUT2D eigenvalue weighted by Crippen LogP contribution is 2.30. The summed E-state index contributed by atoms with van der Waals surface area (Å²) in [5.41, 5.74) is 1.55. The van der Waals surface area contributed by atoms with Crippen molar-refractivity contribution in [2.45, 2.75) is 25.4 Å². The normalized spacial score (nSPS) is 16.8. The number of hydrogen-bond donors (Lipinski definition) is 2. The van der Waals surface area contributed by atoms with Gasteiger partial charge in [-0.15, -0.1) is 0 Å². The SMILES string of the molecule is C=CC(=O)NCc1ccc(C(=O)N2CCC[C@@H]2c2ncn[nH]2)cc1. The topological polar surface area (TPSA) is 91.0 Å². The Balaban J connectivity index is 1.68. The van der Waals surface area contributed by atoms with Gasteiger partial charge < -0.3 is 10.2 Å². The zero-order valence-corrected chi connectivity index (χ0v) is 13.2. The summed E-state index contributed by atoms with van der Waals surface area (Å²) in [6, 6.07) is 7.21. The number of rotatable bonds is 5. The molecule has 1 atom stereocenters. The highest BCUT2D eigenvalue weighted by molar-refractivity contribution is 5.94. The summed E-state index contributed by atoms with van der Waals surface area (Å²) >= 11 is 0. The summed E-state index contributed by atoms with van der Waals surface area (Å²) in [7, 11) is 0. The van der Waals surface area contributed by atoms with Crippen LogP contribution in [0.5, 0.6) is 0 Å². The van der Waals surface area contributed by atoms with Crippen LogP contribution in [0.1, 0.15) is 40.6 Å². The molecule has 2 N–H and O–H groups in total. The fourth-order valence-corrected chi connectivity index (χ4v) is 2.86. The van der Waals surface area contributed by atoms with Crippen LogP contribution in [0.4, 0.5) is 0 Å². The average Bonchev–Trinajstić information content (AvgIpc) is 3.30. The fraction of sp³-hybridized carbons (Fsp3) is 0.294. The van der Waals surface area contributed by atoms with Crippen molar-refractivity contribution in [2.75, 3.05) is 6.54 Å². The van der Waals surface area contributed by atoms with Gasteiger partial charge in [-0.25, -0.2) is 4.98 Å². The van der Waals surface area contributed by atoms with Crippen LogP contribution in [0.15, 0.2) is 43.2 Å². The second-order valence-corrected chi connectivity index (χ2v) is 5.65. The lowest BCUT2D eigenvalue weighted by Crippen LogP contribution is -2.31. The molecule has 1 aliphatic heterocycles. The van der Waals surface area contributed by atoms with Gasteiger partial charge in [-0.3, -0.25) is 14.7 Å². The summed E-state index contributed by atoms with van der Waals surface area (Å²) in [6.07, 6.45) is 4.52. The van der Waals surface area contributed by atoms with Crippen LogP contribution in [0.2, 0.25) is 0 Å². The third-order valence-corrected chi connectivity index (χ3v) is 4.12. The molecule has 7 heteroatoms. The standard InChI is InChI=1S/C17H19N5O2/c1-2-15(23)18-10-12-5-7-13(8-6-12)17(24)22-9-3-4-14(22)16-19-11-20-21-16/h2,5-8,11,14H,1,3-4,9-10H2,(H,18,23)(H,19,20,21)/t14-/m1/s1. The van der Waals surface area contributed by atoms with Crippen molar-refractivity contribution in [3.8, 4) is 0 Å². The van der Waals surface area contributed by atoms with Crippen LogP contribution in [0.3, 0.4) is 0 Å². The number of aromatic amines is 1. The minimum Gasteiger partial charge on any atom is -0.348 e. The van der Waals surface area contributed by atoms with E-state index < -0.39 is 0 Å². The highest BCUT2D eigenvalue weighted by Gasteiger charge is 2.32.